The van der Waals surface area contributed by atoms with E-state index in [0.717, 1.165) is 18.3 Å². The van der Waals surface area contributed by atoms with Crippen LogP contribution in [0.15, 0.2) is 34.2 Å². The van der Waals surface area contributed by atoms with Gasteiger partial charge in [-0.25, -0.2) is 10.4 Å². The largest absolute Gasteiger partial charge is 0.435 e. The van der Waals surface area contributed by atoms with E-state index in [1.54, 1.807) is 6.92 Å². The van der Waals surface area contributed by atoms with Crippen LogP contribution in [0.25, 0.3) is 0 Å². The average molecular weight is 360 g/mol. The first-order valence-corrected chi connectivity index (χ1v) is 6.74. The molecule has 0 aliphatic rings. The van der Waals surface area contributed by atoms with E-state index < -0.39 is 24.5 Å². The summed E-state index contributed by atoms with van der Waals surface area (Å²) in [5, 5.41) is 3.73. The molecule has 1 aromatic carbocycles. The topological polar surface area (TPSA) is 88.6 Å². The SMILES string of the molecule is Cc1cc(=O)[nH]c(NN=Cc2ccc(OC(F)F)cc2OC(F)F)n1. The van der Waals surface area contributed by atoms with Crippen LogP contribution in [0.4, 0.5) is 23.5 Å². The summed E-state index contributed by atoms with van der Waals surface area (Å²) in [6.07, 6.45) is 1.09. The summed E-state index contributed by atoms with van der Waals surface area (Å²) in [5.74, 6) is -0.722. The van der Waals surface area contributed by atoms with Crippen LogP contribution >= 0.6 is 0 Å². The lowest BCUT2D eigenvalue weighted by molar-refractivity contribution is -0.0543. The molecule has 0 saturated heterocycles. The van der Waals surface area contributed by atoms with Crippen LogP contribution in [0.5, 0.6) is 11.5 Å². The predicted molar refractivity (Wildman–Crippen MR) is 80.5 cm³/mol. The van der Waals surface area contributed by atoms with Gasteiger partial charge in [0.1, 0.15) is 11.5 Å². The molecule has 0 saturated carbocycles. The van der Waals surface area contributed by atoms with Crippen molar-refractivity contribution in [2.45, 2.75) is 20.1 Å². The highest BCUT2D eigenvalue weighted by molar-refractivity contribution is 5.84. The van der Waals surface area contributed by atoms with Crippen LogP contribution in [0, 0.1) is 6.92 Å². The Hall–Kier alpha value is -3.11. The van der Waals surface area contributed by atoms with Gasteiger partial charge in [-0.2, -0.15) is 22.7 Å². The van der Waals surface area contributed by atoms with Gasteiger partial charge >= 0.3 is 13.2 Å². The molecule has 134 valence electrons. The first kappa shape index (κ1) is 18.2. The van der Waals surface area contributed by atoms with E-state index in [2.05, 4.69) is 30.0 Å². The van der Waals surface area contributed by atoms with Gasteiger partial charge in [-0.1, -0.05) is 0 Å². The number of halogens is 4. The van der Waals surface area contributed by atoms with Crippen molar-refractivity contribution >= 4 is 12.2 Å². The number of H-pyrrole nitrogens is 1. The lowest BCUT2D eigenvalue weighted by Gasteiger charge is -2.10. The van der Waals surface area contributed by atoms with Gasteiger partial charge in [0.05, 0.1) is 6.21 Å². The molecule has 2 N–H and O–H groups in total. The van der Waals surface area contributed by atoms with E-state index in [-0.39, 0.29) is 17.3 Å². The van der Waals surface area contributed by atoms with Crippen LogP contribution in [0.1, 0.15) is 11.3 Å². The van der Waals surface area contributed by atoms with Crippen molar-refractivity contribution < 1.29 is 27.0 Å². The van der Waals surface area contributed by atoms with Crippen LogP contribution < -0.4 is 20.5 Å². The molecule has 0 spiro atoms. The molecule has 0 aliphatic carbocycles. The molecule has 1 aromatic heterocycles. The normalized spacial score (nSPS) is 11.3. The summed E-state index contributed by atoms with van der Waals surface area (Å²) in [4.78, 5) is 17.6. The number of benzene rings is 1. The Kier molecular flexibility index (Phi) is 5.93. The fraction of sp³-hybridized carbons (Fsp3) is 0.214. The van der Waals surface area contributed by atoms with Crippen molar-refractivity contribution in [1.29, 1.82) is 0 Å². The van der Waals surface area contributed by atoms with Gasteiger partial charge in [-0.05, 0) is 19.1 Å². The van der Waals surface area contributed by atoms with Gasteiger partial charge in [0.25, 0.3) is 5.56 Å². The molecular weight excluding hydrogens is 348 g/mol. The Bertz CT molecular complexity index is 811. The number of ether oxygens (including phenoxy) is 2. The Labute approximate surface area is 138 Å². The number of hydrogen-bond donors (Lipinski definition) is 2. The van der Waals surface area contributed by atoms with E-state index in [9.17, 15) is 22.4 Å². The molecule has 0 fully saturated rings. The number of alkyl halides is 4. The highest BCUT2D eigenvalue weighted by Crippen LogP contribution is 2.26. The maximum Gasteiger partial charge on any atom is 0.387 e. The monoisotopic (exact) mass is 360 g/mol. The van der Waals surface area contributed by atoms with Gasteiger partial charge in [0.15, 0.2) is 0 Å². The number of aryl methyl sites for hydroxylation is 1. The molecule has 2 rings (SSSR count). The summed E-state index contributed by atoms with van der Waals surface area (Å²) in [6, 6.07) is 4.49. The lowest BCUT2D eigenvalue weighted by Crippen LogP contribution is -2.10. The maximum absolute atomic E-state index is 12.4. The maximum atomic E-state index is 12.4. The number of nitrogens with one attached hydrogen (secondary N) is 2. The molecule has 0 aliphatic heterocycles. The predicted octanol–water partition coefficient (Wildman–Crippen LogP) is 2.73. The number of hydrogen-bond acceptors (Lipinski definition) is 6. The third kappa shape index (κ3) is 5.79. The standard InChI is InChI=1S/C14H12F4N4O3/c1-7-4-11(23)21-14(20-7)22-19-6-8-2-3-9(24-12(15)16)5-10(8)25-13(17)18/h2-6,12-13H,1H3,(H2,20,21,22,23). The first-order valence-electron chi connectivity index (χ1n) is 6.74. The smallest absolute Gasteiger partial charge is 0.387 e. The van der Waals surface area contributed by atoms with Crippen molar-refractivity contribution in [3.8, 4) is 11.5 Å². The second-order valence-electron chi connectivity index (χ2n) is 4.56. The van der Waals surface area contributed by atoms with Crippen molar-refractivity contribution in [2.24, 2.45) is 5.10 Å². The van der Waals surface area contributed by atoms with Crippen LogP contribution in [0.2, 0.25) is 0 Å². The van der Waals surface area contributed by atoms with Crippen LogP contribution in [-0.2, 0) is 0 Å². The van der Waals surface area contributed by atoms with Crippen LogP contribution in [-0.4, -0.2) is 29.4 Å². The quantitative estimate of drug-likeness (QED) is 0.450. The number of aromatic amines is 1. The molecule has 25 heavy (non-hydrogen) atoms. The summed E-state index contributed by atoms with van der Waals surface area (Å²) in [5.41, 5.74) is 2.51. The fourth-order valence-corrected chi connectivity index (χ4v) is 1.79. The van der Waals surface area contributed by atoms with E-state index in [1.807, 2.05) is 0 Å². The number of nitrogens with zero attached hydrogens (tertiary/aromatic N) is 2. The number of rotatable bonds is 7. The van der Waals surface area contributed by atoms with E-state index >= 15 is 0 Å². The molecule has 0 radical (unpaired) electrons. The van der Waals surface area contributed by atoms with Gasteiger partial charge in [0, 0.05) is 23.4 Å². The molecule has 7 nitrogen and oxygen atoms in total. The fourth-order valence-electron chi connectivity index (χ4n) is 1.79. The van der Waals surface area contributed by atoms with Gasteiger partial charge < -0.3 is 9.47 Å². The Morgan fingerprint density at radius 1 is 1.20 bits per heavy atom. The number of anilines is 1. The van der Waals surface area contributed by atoms with E-state index in [1.165, 1.54) is 12.1 Å². The molecular formula is C14H12F4N4O3. The first-order chi connectivity index (χ1) is 11.8. The molecule has 1 heterocycles. The summed E-state index contributed by atoms with van der Waals surface area (Å²) < 4.78 is 57.7. The Morgan fingerprint density at radius 2 is 1.92 bits per heavy atom. The zero-order valence-electron chi connectivity index (χ0n) is 12.7. The molecule has 0 bridgehead atoms. The molecule has 0 amide bonds. The third-order valence-electron chi connectivity index (χ3n) is 2.67. The highest BCUT2D eigenvalue weighted by Gasteiger charge is 2.12. The average Bonchev–Trinajstić information content (AvgIpc) is 2.47. The summed E-state index contributed by atoms with van der Waals surface area (Å²) in [7, 11) is 0. The van der Waals surface area contributed by atoms with Gasteiger partial charge in [-0.3, -0.25) is 9.78 Å². The second kappa shape index (κ2) is 8.13. The summed E-state index contributed by atoms with van der Waals surface area (Å²) >= 11 is 0. The molecule has 11 heteroatoms. The van der Waals surface area contributed by atoms with Crippen LogP contribution in [0.3, 0.4) is 0 Å². The zero-order valence-corrected chi connectivity index (χ0v) is 12.7. The van der Waals surface area contributed by atoms with Crippen molar-refractivity contribution in [1.82, 2.24) is 9.97 Å². The van der Waals surface area contributed by atoms with Gasteiger partial charge in [-0.15, -0.1) is 0 Å². The Morgan fingerprint density at radius 3 is 2.56 bits per heavy atom. The van der Waals surface area contributed by atoms with Crippen molar-refractivity contribution in [2.75, 3.05) is 5.43 Å². The minimum absolute atomic E-state index is 0.0373. The third-order valence-corrected chi connectivity index (χ3v) is 2.67. The summed E-state index contributed by atoms with van der Waals surface area (Å²) in [6.45, 7) is -4.68. The number of aromatic nitrogens is 2. The minimum atomic E-state index is -3.17. The molecule has 0 atom stereocenters. The Balaban J connectivity index is 2.20. The van der Waals surface area contributed by atoms with E-state index in [4.69, 9.17) is 0 Å². The van der Waals surface area contributed by atoms with Crippen molar-refractivity contribution in [3.05, 3.63) is 45.9 Å². The van der Waals surface area contributed by atoms with Gasteiger partial charge in [0.2, 0.25) is 5.95 Å². The highest BCUT2D eigenvalue weighted by atomic mass is 19.3. The minimum Gasteiger partial charge on any atom is -0.435 e. The second-order valence-corrected chi connectivity index (χ2v) is 4.56. The molecule has 2 aromatic rings. The zero-order chi connectivity index (χ0) is 18.4. The lowest BCUT2D eigenvalue weighted by atomic mass is 10.2. The van der Waals surface area contributed by atoms with E-state index in [0.29, 0.717) is 5.69 Å². The number of hydrazone groups is 1. The molecule has 0 unspecified atom stereocenters. The van der Waals surface area contributed by atoms with Crippen molar-refractivity contribution in [3.63, 3.8) is 0 Å².